The standard InChI is InChI=1S/C35H45N7O8/c1-35(2,3)50-34(47)42-16-8-9-23(21-42)28(30(44)45)38-29(43)26-15-12-24-19-27(26)49-18-7-5-4-6-17-48-25-13-10-22(11-14-25)20-36-31-39-32(37-24)41-33(46)40-31/h10-15,19,23,28H,4-9,16-18,20-21H2,1-3H3,(H,38,43)(H,44,45)(H3,36,37,39,40,41,46). The number of likely N-dealkylation sites (tertiary alicyclic amines) is 1. The van der Waals surface area contributed by atoms with Crippen molar-refractivity contribution >= 4 is 35.6 Å². The molecule has 1 aromatic heterocycles. The first-order chi connectivity index (χ1) is 23.9. The molecule has 4 heterocycles. The summed E-state index contributed by atoms with van der Waals surface area (Å²) in [6.07, 6.45) is 3.92. The van der Waals surface area contributed by atoms with Crippen LogP contribution in [0.5, 0.6) is 11.5 Å². The number of hydrogen-bond acceptors (Lipinski definition) is 11. The Balaban J connectivity index is 1.35. The second-order valence-electron chi connectivity index (χ2n) is 13.4. The Morgan fingerprint density at radius 2 is 1.74 bits per heavy atom. The van der Waals surface area contributed by atoms with Gasteiger partial charge in [0, 0.05) is 37.3 Å². The van der Waals surface area contributed by atoms with E-state index in [2.05, 4.69) is 30.9 Å². The predicted octanol–water partition coefficient (Wildman–Crippen LogP) is 4.68. The van der Waals surface area contributed by atoms with Crippen LogP contribution in [0.2, 0.25) is 0 Å². The van der Waals surface area contributed by atoms with Crippen LogP contribution >= 0.6 is 0 Å². The Morgan fingerprint density at radius 1 is 1.00 bits per heavy atom. The van der Waals surface area contributed by atoms with Crippen molar-refractivity contribution in [1.29, 1.82) is 0 Å². The summed E-state index contributed by atoms with van der Waals surface area (Å²) in [5.74, 6) is -1.16. The number of carboxylic acids is 1. The number of carbonyl (C=O) groups excluding carboxylic acids is 2. The SMILES string of the molecule is CC(C)(C)OC(=O)N1CCCC(C(NC(=O)c2ccc3cc2OCCCCCCOc2ccc(cc2)CNc2nc([nH]c(=O)n2)N3)C(=O)O)C1. The van der Waals surface area contributed by atoms with E-state index in [-0.39, 0.29) is 29.8 Å². The zero-order valence-corrected chi connectivity index (χ0v) is 28.6. The molecular formula is C35H45N7O8. The molecular weight excluding hydrogens is 646 g/mol. The molecule has 2 amide bonds. The van der Waals surface area contributed by atoms with Crippen LogP contribution in [0.1, 0.15) is 75.2 Å². The quantitative estimate of drug-likeness (QED) is 0.254. The second-order valence-corrected chi connectivity index (χ2v) is 13.4. The van der Waals surface area contributed by atoms with Crippen molar-refractivity contribution in [3.8, 4) is 11.5 Å². The number of anilines is 3. The minimum atomic E-state index is -1.26. The van der Waals surface area contributed by atoms with Gasteiger partial charge in [-0.3, -0.25) is 9.78 Å². The molecule has 0 aliphatic carbocycles. The molecule has 1 saturated heterocycles. The third kappa shape index (κ3) is 10.3. The number of amides is 2. The second kappa shape index (κ2) is 16.4. The summed E-state index contributed by atoms with van der Waals surface area (Å²) in [5.41, 5.74) is 0.235. The number of aromatic amines is 1. The summed E-state index contributed by atoms with van der Waals surface area (Å²) in [6, 6.07) is 11.1. The number of carboxylic acid groups (broad SMARTS) is 1. The maximum absolute atomic E-state index is 13.7. The molecule has 3 aliphatic rings. The highest BCUT2D eigenvalue weighted by Crippen LogP contribution is 2.28. The number of benzene rings is 2. The third-order valence-corrected chi connectivity index (χ3v) is 8.21. The lowest BCUT2D eigenvalue weighted by Crippen LogP contribution is -2.53. The van der Waals surface area contributed by atoms with Gasteiger partial charge < -0.3 is 40.2 Å². The van der Waals surface area contributed by atoms with Crippen molar-refractivity contribution in [2.45, 2.75) is 77.5 Å². The van der Waals surface area contributed by atoms with Crippen LogP contribution in [-0.2, 0) is 16.1 Å². The molecule has 5 N–H and O–H groups in total. The zero-order valence-electron chi connectivity index (χ0n) is 28.6. The molecule has 6 rings (SSSR count). The smallest absolute Gasteiger partial charge is 0.410 e. The minimum Gasteiger partial charge on any atom is -0.494 e. The summed E-state index contributed by atoms with van der Waals surface area (Å²) >= 11 is 0. The molecule has 268 valence electrons. The molecule has 2 unspecified atom stereocenters. The van der Waals surface area contributed by atoms with E-state index in [9.17, 15) is 24.3 Å². The lowest BCUT2D eigenvalue weighted by Gasteiger charge is -2.36. The molecule has 15 nitrogen and oxygen atoms in total. The maximum atomic E-state index is 13.7. The number of H-pyrrole nitrogens is 1. The average molecular weight is 692 g/mol. The Labute approximate surface area is 290 Å². The molecule has 50 heavy (non-hydrogen) atoms. The average Bonchev–Trinajstić information content (AvgIpc) is 3.06. The third-order valence-electron chi connectivity index (χ3n) is 8.21. The van der Waals surface area contributed by atoms with Crippen LogP contribution in [-0.4, -0.2) is 80.9 Å². The number of ether oxygens (including phenoxy) is 3. The summed E-state index contributed by atoms with van der Waals surface area (Å²) in [6.45, 7) is 7.12. The Kier molecular flexibility index (Phi) is 11.8. The number of aliphatic carboxylic acids is 1. The molecule has 15 heteroatoms. The van der Waals surface area contributed by atoms with Gasteiger partial charge >= 0.3 is 17.8 Å². The Morgan fingerprint density at radius 3 is 2.46 bits per heavy atom. The van der Waals surface area contributed by atoms with E-state index in [0.29, 0.717) is 51.3 Å². The summed E-state index contributed by atoms with van der Waals surface area (Å²) in [4.78, 5) is 63.6. The molecule has 6 bridgehead atoms. The maximum Gasteiger partial charge on any atom is 0.410 e. The van der Waals surface area contributed by atoms with Crippen LogP contribution in [0.15, 0.2) is 47.3 Å². The van der Waals surface area contributed by atoms with Crippen molar-refractivity contribution in [1.82, 2.24) is 25.2 Å². The van der Waals surface area contributed by atoms with Crippen molar-refractivity contribution in [2.75, 3.05) is 36.9 Å². The van der Waals surface area contributed by atoms with Crippen LogP contribution < -0.4 is 31.1 Å². The number of hydrogen-bond donors (Lipinski definition) is 5. The number of piperidine rings is 1. The summed E-state index contributed by atoms with van der Waals surface area (Å²) < 4.78 is 17.5. The summed E-state index contributed by atoms with van der Waals surface area (Å²) in [7, 11) is 0. The number of carbonyl (C=O) groups is 3. The minimum absolute atomic E-state index is 0.114. The monoisotopic (exact) mass is 691 g/mol. The molecule has 1 fully saturated rings. The van der Waals surface area contributed by atoms with Gasteiger partial charge in [0.1, 0.15) is 23.1 Å². The van der Waals surface area contributed by atoms with E-state index in [1.165, 1.54) is 11.0 Å². The first-order valence-electron chi connectivity index (χ1n) is 16.9. The highest BCUT2D eigenvalue weighted by atomic mass is 16.6. The van der Waals surface area contributed by atoms with Gasteiger partial charge in [-0.2, -0.15) is 9.97 Å². The van der Waals surface area contributed by atoms with Crippen molar-refractivity contribution in [3.63, 3.8) is 0 Å². The van der Waals surface area contributed by atoms with Crippen molar-refractivity contribution in [3.05, 3.63) is 64.1 Å². The molecule has 3 aromatic rings. The normalized spacial score (nSPS) is 17.7. The molecule has 0 radical (unpaired) electrons. The predicted molar refractivity (Wildman–Crippen MR) is 185 cm³/mol. The van der Waals surface area contributed by atoms with E-state index in [0.717, 1.165) is 30.6 Å². The number of nitrogens with one attached hydrogen (secondary N) is 4. The fraction of sp³-hybridized carbons (Fsp3) is 0.486. The van der Waals surface area contributed by atoms with Crippen LogP contribution in [0.25, 0.3) is 0 Å². The van der Waals surface area contributed by atoms with E-state index in [1.807, 2.05) is 24.3 Å². The number of nitrogens with zero attached hydrogens (tertiary/aromatic N) is 3. The number of fused-ring (bicyclic) bond motifs is 10. The van der Waals surface area contributed by atoms with Gasteiger partial charge in [0.05, 0.1) is 18.8 Å². The molecule has 2 atom stereocenters. The van der Waals surface area contributed by atoms with Crippen LogP contribution in [0.4, 0.5) is 22.4 Å². The van der Waals surface area contributed by atoms with Crippen molar-refractivity contribution < 1.29 is 33.7 Å². The summed E-state index contributed by atoms with van der Waals surface area (Å²) in [5, 5.41) is 18.9. The molecule has 0 spiro atoms. The first kappa shape index (κ1) is 36.0. The van der Waals surface area contributed by atoms with Gasteiger partial charge in [-0.05, 0) is 89.1 Å². The number of rotatable bonds is 4. The fourth-order valence-electron chi connectivity index (χ4n) is 5.76. The topological polar surface area (TPSA) is 197 Å². The Hall–Kier alpha value is -5.34. The highest BCUT2D eigenvalue weighted by Gasteiger charge is 2.36. The van der Waals surface area contributed by atoms with Crippen LogP contribution in [0, 0.1) is 5.92 Å². The van der Waals surface area contributed by atoms with E-state index >= 15 is 0 Å². The zero-order chi connectivity index (χ0) is 35.7. The van der Waals surface area contributed by atoms with Gasteiger partial charge in [-0.15, -0.1) is 0 Å². The molecule has 3 aliphatic heterocycles. The van der Waals surface area contributed by atoms with Gasteiger partial charge in [-0.1, -0.05) is 12.1 Å². The lowest BCUT2D eigenvalue weighted by atomic mass is 9.90. The largest absolute Gasteiger partial charge is 0.494 e. The fourth-order valence-corrected chi connectivity index (χ4v) is 5.76. The van der Waals surface area contributed by atoms with Crippen molar-refractivity contribution in [2.24, 2.45) is 5.92 Å². The van der Waals surface area contributed by atoms with E-state index in [1.54, 1.807) is 32.9 Å². The number of aromatic nitrogens is 3. The highest BCUT2D eigenvalue weighted by molar-refractivity contribution is 5.99. The Bertz CT molecular complexity index is 1710. The van der Waals surface area contributed by atoms with Gasteiger partial charge in [-0.25, -0.2) is 14.4 Å². The van der Waals surface area contributed by atoms with Gasteiger partial charge in [0.15, 0.2) is 0 Å². The van der Waals surface area contributed by atoms with E-state index in [4.69, 9.17) is 14.2 Å². The van der Waals surface area contributed by atoms with Gasteiger partial charge in [0.2, 0.25) is 11.9 Å². The first-order valence-corrected chi connectivity index (χ1v) is 16.9. The van der Waals surface area contributed by atoms with Crippen LogP contribution in [0.3, 0.4) is 0 Å². The lowest BCUT2D eigenvalue weighted by molar-refractivity contribution is -0.141. The molecule has 2 aromatic carbocycles. The van der Waals surface area contributed by atoms with E-state index < -0.39 is 41.2 Å². The van der Waals surface area contributed by atoms with Gasteiger partial charge in [0.25, 0.3) is 5.91 Å². The molecule has 0 saturated carbocycles.